The molecule has 216 valence electrons. The molecule has 3 rings (SSSR count). The number of ether oxygens (including phenoxy) is 1. The highest BCUT2D eigenvalue weighted by molar-refractivity contribution is 7.89. The van der Waals surface area contributed by atoms with Crippen molar-refractivity contribution >= 4 is 75.3 Å². The van der Waals surface area contributed by atoms with Crippen molar-refractivity contribution in [2.24, 2.45) is 0 Å². The lowest BCUT2D eigenvalue weighted by molar-refractivity contribution is -0.114. The van der Waals surface area contributed by atoms with Gasteiger partial charge in [-0.25, -0.2) is 0 Å². The van der Waals surface area contributed by atoms with E-state index in [1.807, 2.05) is 5.32 Å². The van der Waals surface area contributed by atoms with Crippen LogP contribution in [-0.2, 0) is 46.4 Å². The molecular formula is C22H21ClN2O12S3. The third-order valence-electron chi connectivity index (χ3n) is 5.64. The average molecular weight is 637 g/mol. The Morgan fingerprint density at radius 1 is 0.900 bits per heavy atom. The number of hydrogen-bond acceptors (Lipinski definition) is 10. The molecule has 0 saturated heterocycles. The number of hydrogen-bond donors (Lipinski definition) is 5. The van der Waals surface area contributed by atoms with Crippen molar-refractivity contribution < 1.29 is 53.2 Å². The van der Waals surface area contributed by atoms with Crippen molar-refractivity contribution in [2.75, 3.05) is 18.2 Å². The topological polar surface area (TPSA) is 245 Å². The van der Waals surface area contributed by atoms with Crippen LogP contribution in [0.2, 0.25) is 0 Å². The maximum Gasteiger partial charge on any atom is 0.298 e. The number of nitrogens with two attached hydrogens (primary N) is 1. The van der Waals surface area contributed by atoms with Gasteiger partial charge in [0, 0.05) is 35.2 Å². The van der Waals surface area contributed by atoms with Gasteiger partial charge in [0.25, 0.3) is 30.4 Å². The SMILES string of the molecule is COc1c(CCC(=O)Cl)cc2c(S(=O)(=O)O)c(-c3ccc(S(=O)(=O)O)c(S(=O)(=O)O)c3NC(C)=O)ccc2c1N. The van der Waals surface area contributed by atoms with Crippen LogP contribution in [0.25, 0.3) is 21.9 Å². The lowest BCUT2D eigenvalue weighted by Gasteiger charge is -2.20. The summed E-state index contributed by atoms with van der Waals surface area (Å²) in [5.74, 6) is -0.889. The Bertz CT molecular complexity index is 1910. The Morgan fingerprint density at radius 2 is 1.48 bits per heavy atom. The van der Waals surface area contributed by atoms with Gasteiger partial charge in [-0.1, -0.05) is 18.2 Å². The Hall–Kier alpha value is -3.32. The van der Waals surface area contributed by atoms with Gasteiger partial charge in [-0.05, 0) is 35.7 Å². The van der Waals surface area contributed by atoms with Crippen molar-refractivity contribution in [1.82, 2.24) is 0 Å². The fraction of sp³-hybridized carbons (Fsp3) is 0.182. The van der Waals surface area contributed by atoms with Gasteiger partial charge >= 0.3 is 0 Å². The number of benzene rings is 3. The van der Waals surface area contributed by atoms with Crippen molar-refractivity contribution in [3.8, 4) is 16.9 Å². The van der Waals surface area contributed by atoms with Gasteiger partial charge < -0.3 is 15.8 Å². The normalized spacial score (nSPS) is 12.3. The maximum atomic E-state index is 12.7. The molecule has 14 nitrogen and oxygen atoms in total. The first-order valence-electron chi connectivity index (χ1n) is 10.8. The van der Waals surface area contributed by atoms with E-state index in [0.717, 1.165) is 19.1 Å². The molecule has 0 bridgehead atoms. The van der Waals surface area contributed by atoms with Crippen LogP contribution in [0.5, 0.6) is 5.75 Å². The minimum atomic E-state index is -5.50. The molecule has 0 aliphatic heterocycles. The molecule has 0 aliphatic rings. The first kappa shape index (κ1) is 31.2. The second-order valence-corrected chi connectivity index (χ2v) is 12.8. The molecular weight excluding hydrogens is 616 g/mol. The molecule has 0 spiro atoms. The minimum absolute atomic E-state index is 0.0415. The number of aryl methyl sites for hydroxylation is 1. The number of carbonyl (C=O) groups excluding carboxylic acids is 2. The van der Waals surface area contributed by atoms with Gasteiger partial charge in [-0.15, -0.1) is 0 Å². The van der Waals surface area contributed by atoms with E-state index in [0.29, 0.717) is 6.07 Å². The third kappa shape index (κ3) is 6.20. The molecule has 0 saturated carbocycles. The van der Waals surface area contributed by atoms with E-state index in [1.165, 1.54) is 19.2 Å². The van der Waals surface area contributed by atoms with E-state index in [4.69, 9.17) is 22.1 Å². The molecule has 40 heavy (non-hydrogen) atoms. The van der Waals surface area contributed by atoms with Crippen LogP contribution < -0.4 is 15.8 Å². The van der Waals surface area contributed by atoms with Gasteiger partial charge in [-0.3, -0.25) is 23.2 Å². The molecule has 6 N–H and O–H groups in total. The van der Waals surface area contributed by atoms with Crippen LogP contribution in [0, 0.1) is 0 Å². The first-order chi connectivity index (χ1) is 18.3. The van der Waals surface area contributed by atoms with Gasteiger partial charge in [-0.2, -0.15) is 25.3 Å². The molecule has 0 unspecified atom stereocenters. The predicted octanol–water partition coefficient (Wildman–Crippen LogP) is 2.49. The third-order valence-corrected chi connectivity index (χ3v) is 8.75. The Morgan fingerprint density at radius 3 is 1.95 bits per heavy atom. The monoisotopic (exact) mass is 636 g/mol. The Balaban J connectivity index is 2.61. The zero-order chi connectivity index (χ0) is 30.4. The quantitative estimate of drug-likeness (QED) is 0.129. The number of fused-ring (bicyclic) bond motifs is 1. The highest BCUT2D eigenvalue weighted by atomic mass is 35.5. The van der Waals surface area contributed by atoms with Crippen molar-refractivity contribution in [3.63, 3.8) is 0 Å². The van der Waals surface area contributed by atoms with Crippen LogP contribution >= 0.6 is 11.6 Å². The maximum absolute atomic E-state index is 12.7. The molecule has 3 aromatic rings. The summed E-state index contributed by atoms with van der Waals surface area (Å²) in [4.78, 5) is 19.7. The largest absolute Gasteiger partial charge is 0.494 e. The summed E-state index contributed by atoms with van der Waals surface area (Å²) in [6.07, 6.45) is -0.265. The van der Waals surface area contributed by atoms with E-state index >= 15 is 0 Å². The molecule has 0 fully saturated rings. The van der Waals surface area contributed by atoms with Gasteiger partial charge in [0.2, 0.25) is 11.1 Å². The fourth-order valence-corrected chi connectivity index (χ4v) is 7.16. The van der Waals surface area contributed by atoms with E-state index in [1.54, 1.807) is 0 Å². The lowest BCUT2D eigenvalue weighted by Crippen LogP contribution is -2.16. The second-order valence-electron chi connectivity index (χ2n) is 8.30. The first-order valence-corrected chi connectivity index (χ1v) is 15.5. The van der Waals surface area contributed by atoms with Crippen LogP contribution in [0.4, 0.5) is 11.4 Å². The standard InChI is InChI=1S/C22H21ClN2O12S3/c1-10(26)25-19-13(6-7-16(38(28,29)30)22(19)40(34,35)36)14-5-4-12-15(21(14)39(31,32)33)9-11(3-8-17(23)27)20(37-2)18(12)24/h4-7,9H,3,8,24H2,1-2H3,(H,25,26)(H,28,29,30)(H,31,32,33)(H,34,35,36). The summed E-state index contributed by atoms with van der Waals surface area (Å²) in [7, 11) is -14.7. The summed E-state index contributed by atoms with van der Waals surface area (Å²) in [5, 5.41) is 1.13. The van der Waals surface area contributed by atoms with Crippen molar-refractivity contribution in [2.45, 2.75) is 34.5 Å². The Labute approximate surface area is 233 Å². The molecule has 3 aromatic carbocycles. The zero-order valence-corrected chi connectivity index (χ0v) is 23.7. The number of nitrogens with one attached hydrogen (secondary N) is 1. The number of anilines is 2. The number of methoxy groups -OCH3 is 1. The van der Waals surface area contributed by atoms with E-state index in [9.17, 15) is 48.5 Å². The minimum Gasteiger partial charge on any atom is -0.494 e. The summed E-state index contributed by atoms with van der Waals surface area (Å²) in [6.45, 7) is 0.902. The molecule has 18 heteroatoms. The molecule has 0 aromatic heterocycles. The number of amides is 1. The van der Waals surface area contributed by atoms with E-state index < -0.39 is 73.0 Å². The molecule has 0 aliphatic carbocycles. The van der Waals surface area contributed by atoms with Crippen LogP contribution in [0.3, 0.4) is 0 Å². The number of halogens is 1. The molecule has 0 heterocycles. The Kier molecular flexibility index (Phi) is 8.52. The predicted molar refractivity (Wildman–Crippen MR) is 143 cm³/mol. The lowest BCUT2D eigenvalue weighted by atomic mass is 9.95. The zero-order valence-electron chi connectivity index (χ0n) is 20.5. The number of nitrogen functional groups attached to an aromatic ring is 1. The van der Waals surface area contributed by atoms with Crippen LogP contribution in [0.1, 0.15) is 18.9 Å². The van der Waals surface area contributed by atoms with Gasteiger partial charge in [0.05, 0.1) is 18.5 Å². The highest BCUT2D eigenvalue weighted by Gasteiger charge is 2.33. The summed E-state index contributed by atoms with van der Waals surface area (Å²) in [6, 6.07) is 4.99. The highest BCUT2D eigenvalue weighted by Crippen LogP contribution is 2.45. The summed E-state index contributed by atoms with van der Waals surface area (Å²) in [5.41, 5.74) is 4.46. The molecule has 0 radical (unpaired) electrons. The van der Waals surface area contributed by atoms with E-state index in [2.05, 4.69) is 0 Å². The molecule has 1 amide bonds. The van der Waals surface area contributed by atoms with E-state index in [-0.39, 0.29) is 40.6 Å². The fourth-order valence-electron chi connectivity index (χ4n) is 4.21. The van der Waals surface area contributed by atoms with Crippen molar-refractivity contribution in [3.05, 3.63) is 35.9 Å². The summed E-state index contributed by atoms with van der Waals surface area (Å²) < 4.78 is 109. The van der Waals surface area contributed by atoms with Crippen molar-refractivity contribution in [1.29, 1.82) is 0 Å². The van der Waals surface area contributed by atoms with Gasteiger partial charge in [0.15, 0.2) is 0 Å². The van der Waals surface area contributed by atoms with Crippen LogP contribution in [0.15, 0.2) is 45.0 Å². The second kappa shape index (κ2) is 10.9. The molecule has 0 atom stereocenters. The number of carbonyl (C=O) groups is 2. The number of rotatable bonds is 9. The summed E-state index contributed by atoms with van der Waals surface area (Å²) >= 11 is 5.43. The van der Waals surface area contributed by atoms with Crippen LogP contribution in [-0.4, -0.2) is 57.2 Å². The van der Waals surface area contributed by atoms with Gasteiger partial charge in [0.1, 0.15) is 20.4 Å². The average Bonchev–Trinajstić information content (AvgIpc) is 2.79. The smallest absolute Gasteiger partial charge is 0.298 e.